The minimum absolute atomic E-state index is 0.0236. The van der Waals surface area contributed by atoms with Crippen LogP contribution in [-0.2, 0) is 12.8 Å². The Bertz CT molecular complexity index is 1160. The smallest absolute Gasteiger partial charge is 0.258 e. The van der Waals surface area contributed by atoms with Gasteiger partial charge in [-0.05, 0) is 61.0 Å². The number of nitro groups is 1. The minimum Gasteiger partial charge on any atom is -0.258 e. The van der Waals surface area contributed by atoms with Crippen molar-refractivity contribution in [1.29, 1.82) is 0 Å². The molecule has 2 aromatic carbocycles. The van der Waals surface area contributed by atoms with Gasteiger partial charge in [-0.25, -0.2) is 0 Å². The molecule has 0 amide bonds. The van der Waals surface area contributed by atoms with Gasteiger partial charge in [0.25, 0.3) is 5.69 Å². The average molecular weight is 422 g/mol. The number of nitrogens with one attached hydrogen (secondary N) is 1. The zero-order valence-electron chi connectivity index (χ0n) is 16.7. The Kier molecular flexibility index (Phi) is 5.85. The number of aromatic amines is 1. The summed E-state index contributed by atoms with van der Waals surface area (Å²) in [6, 6.07) is 13.1. The summed E-state index contributed by atoms with van der Waals surface area (Å²) in [5.41, 5.74) is 4.73. The second kappa shape index (κ2) is 8.71. The second-order valence-corrected chi connectivity index (χ2v) is 7.88. The van der Waals surface area contributed by atoms with Crippen LogP contribution in [0, 0.1) is 14.9 Å². The van der Waals surface area contributed by atoms with Gasteiger partial charge >= 0.3 is 0 Å². The highest BCUT2D eigenvalue weighted by Crippen LogP contribution is 2.30. The molecule has 3 aromatic rings. The zero-order chi connectivity index (χ0) is 21.1. The third kappa shape index (κ3) is 4.09. The van der Waals surface area contributed by atoms with E-state index in [4.69, 9.17) is 12.2 Å². The van der Waals surface area contributed by atoms with Crippen LogP contribution in [-0.4, -0.2) is 26.0 Å². The molecular formula is C22H23N5O2S. The Labute approximate surface area is 179 Å². The molecule has 0 spiro atoms. The first-order valence-corrected chi connectivity index (χ1v) is 10.6. The van der Waals surface area contributed by atoms with E-state index in [1.54, 1.807) is 23.0 Å². The number of nitro benzene ring substituents is 1. The molecule has 1 aliphatic rings. The number of nitrogens with zero attached hydrogens (tertiary/aromatic N) is 4. The fraction of sp³-hybridized carbons (Fsp3) is 0.318. The highest BCUT2D eigenvalue weighted by molar-refractivity contribution is 7.71. The third-order valence-electron chi connectivity index (χ3n) is 5.57. The molecule has 0 aliphatic heterocycles. The number of rotatable bonds is 6. The van der Waals surface area contributed by atoms with Gasteiger partial charge in [0.15, 0.2) is 5.82 Å². The van der Waals surface area contributed by atoms with Crippen LogP contribution in [0.3, 0.4) is 0 Å². The molecule has 1 N–H and O–H groups in total. The summed E-state index contributed by atoms with van der Waals surface area (Å²) in [5, 5.41) is 22.8. The Balaban J connectivity index is 1.68. The number of hydrogen-bond acceptors (Lipinski definition) is 5. The van der Waals surface area contributed by atoms with Crippen LogP contribution in [0.5, 0.6) is 0 Å². The van der Waals surface area contributed by atoms with Crippen molar-refractivity contribution in [3.8, 4) is 0 Å². The molecule has 8 heteroatoms. The Morgan fingerprint density at radius 3 is 2.83 bits per heavy atom. The molecular weight excluding hydrogens is 398 g/mol. The maximum Gasteiger partial charge on any atom is 0.270 e. The Hall–Kier alpha value is -3.13. The molecule has 1 atom stereocenters. The molecule has 0 saturated carbocycles. The summed E-state index contributed by atoms with van der Waals surface area (Å²) < 4.78 is 2.00. The van der Waals surface area contributed by atoms with Crippen LogP contribution in [0.1, 0.15) is 60.2 Å². The van der Waals surface area contributed by atoms with Crippen LogP contribution >= 0.6 is 12.2 Å². The van der Waals surface area contributed by atoms with Crippen LogP contribution in [0.15, 0.2) is 47.6 Å². The standard InChI is InChI=1S/C22H23N5O2S/c1-2-20(18-11-10-16-7-3-4-8-17(16)13-18)21-24-25-22(30)26(21)23-14-15-6-5-9-19(12-15)27(28)29/h5-6,9-14,20H,2-4,7-8H2,1H3,(H,25,30)/b23-14+. The number of benzene rings is 2. The highest BCUT2D eigenvalue weighted by Gasteiger charge is 2.21. The van der Waals surface area contributed by atoms with Crippen molar-refractivity contribution in [3.05, 3.63) is 85.4 Å². The van der Waals surface area contributed by atoms with E-state index in [0.717, 1.165) is 25.1 Å². The van der Waals surface area contributed by atoms with E-state index in [2.05, 4.69) is 40.4 Å². The molecule has 4 rings (SSSR count). The molecule has 1 aliphatic carbocycles. The first-order chi connectivity index (χ1) is 14.6. The van der Waals surface area contributed by atoms with E-state index in [1.807, 2.05) is 0 Å². The van der Waals surface area contributed by atoms with Crippen molar-refractivity contribution in [2.75, 3.05) is 0 Å². The number of H-pyrrole nitrogens is 1. The first-order valence-electron chi connectivity index (χ1n) is 10.1. The molecule has 1 unspecified atom stereocenters. The lowest BCUT2D eigenvalue weighted by molar-refractivity contribution is -0.384. The maximum atomic E-state index is 11.0. The summed E-state index contributed by atoms with van der Waals surface area (Å²) in [4.78, 5) is 10.6. The zero-order valence-corrected chi connectivity index (χ0v) is 17.6. The van der Waals surface area contributed by atoms with Gasteiger partial charge in [-0.15, -0.1) is 0 Å². The number of aryl methyl sites for hydroxylation is 2. The quantitative estimate of drug-likeness (QED) is 0.258. The highest BCUT2D eigenvalue weighted by atomic mass is 32.1. The van der Waals surface area contributed by atoms with E-state index in [9.17, 15) is 10.1 Å². The molecule has 1 heterocycles. The van der Waals surface area contributed by atoms with Gasteiger partial charge in [0, 0.05) is 23.6 Å². The van der Waals surface area contributed by atoms with Crippen molar-refractivity contribution in [3.63, 3.8) is 0 Å². The Morgan fingerprint density at radius 1 is 1.27 bits per heavy atom. The normalized spacial score (nSPS) is 14.6. The molecule has 30 heavy (non-hydrogen) atoms. The fourth-order valence-corrected chi connectivity index (χ4v) is 4.21. The number of fused-ring (bicyclic) bond motifs is 1. The average Bonchev–Trinajstić information content (AvgIpc) is 3.13. The predicted molar refractivity (Wildman–Crippen MR) is 119 cm³/mol. The van der Waals surface area contributed by atoms with E-state index in [1.165, 1.54) is 41.7 Å². The van der Waals surface area contributed by atoms with Gasteiger partial charge in [0.2, 0.25) is 4.77 Å². The lowest BCUT2D eigenvalue weighted by atomic mass is 9.86. The van der Waals surface area contributed by atoms with Crippen LogP contribution in [0.2, 0.25) is 0 Å². The summed E-state index contributed by atoms with van der Waals surface area (Å²) in [7, 11) is 0. The lowest BCUT2D eigenvalue weighted by Gasteiger charge is -2.20. The van der Waals surface area contributed by atoms with Gasteiger partial charge < -0.3 is 0 Å². The van der Waals surface area contributed by atoms with E-state index < -0.39 is 4.92 Å². The molecule has 154 valence electrons. The summed E-state index contributed by atoms with van der Waals surface area (Å²) in [6.07, 6.45) is 7.19. The lowest BCUT2D eigenvalue weighted by Crippen LogP contribution is -2.10. The van der Waals surface area contributed by atoms with Crippen molar-refractivity contribution in [2.45, 2.75) is 44.9 Å². The summed E-state index contributed by atoms with van der Waals surface area (Å²) in [5.74, 6) is 0.785. The number of non-ortho nitro benzene ring substituents is 1. The SMILES string of the molecule is CCC(c1ccc2c(c1)CCCC2)c1n[nH]c(=S)n1/N=C/c1cccc([N+](=O)[O-])c1. The van der Waals surface area contributed by atoms with Gasteiger partial charge in [-0.2, -0.15) is 14.9 Å². The third-order valence-corrected chi connectivity index (χ3v) is 5.84. The molecule has 0 radical (unpaired) electrons. The van der Waals surface area contributed by atoms with Gasteiger partial charge in [0.1, 0.15) is 0 Å². The largest absolute Gasteiger partial charge is 0.270 e. The summed E-state index contributed by atoms with van der Waals surface area (Å²) >= 11 is 5.39. The molecule has 0 fully saturated rings. The summed E-state index contributed by atoms with van der Waals surface area (Å²) in [6.45, 7) is 2.12. The molecule has 7 nitrogen and oxygen atoms in total. The Morgan fingerprint density at radius 2 is 2.07 bits per heavy atom. The molecule has 0 saturated heterocycles. The van der Waals surface area contributed by atoms with Crippen LogP contribution in [0.25, 0.3) is 0 Å². The minimum atomic E-state index is -0.421. The van der Waals surface area contributed by atoms with E-state index in [0.29, 0.717) is 10.3 Å². The number of aromatic nitrogens is 3. The van der Waals surface area contributed by atoms with Crippen molar-refractivity contribution < 1.29 is 4.92 Å². The number of hydrogen-bond donors (Lipinski definition) is 1. The predicted octanol–water partition coefficient (Wildman–Crippen LogP) is 5.15. The fourth-order valence-electron chi connectivity index (χ4n) is 4.02. The van der Waals surface area contributed by atoms with Gasteiger partial charge in [0.05, 0.1) is 11.1 Å². The van der Waals surface area contributed by atoms with Gasteiger partial charge in [-0.3, -0.25) is 15.2 Å². The molecule has 0 bridgehead atoms. The van der Waals surface area contributed by atoms with E-state index in [-0.39, 0.29) is 11.6 Å². The second-order valence-electron chi connectivity index (χ2n) is 7.49. The van der Waals surface area contributed by atoms with Crippen LogP contribution < -0.4 is 0 Å². The van der Waals surface area contributed by atoms with E-state index >= 15 is 0 Å². The monoisotopic (exact) mass is 421 g/mol. The first kappa shape index (κ1) is 20.2. The van der Waals surface area contributed by atoms with Crippen molar-refractivity contribution in [2.24, 2.45) is 5.10 Å². The molecule has 1 aromatic heterocycles. The van der Waals surface area contributed by atoms with Crippen molar-refractivity contribution >= 4 is 24.1 Å². The van der Waals surface area contributed by atoms with Gasteiger partial charge in [-0.1, -0.05) is 37.3 Å². The van der Waals surface area contributed by atoms with Crippen LogP contribution in [0.4, 0.5) is 5.69 Å². The maximum absolute atomic E-state index is 11.0. The van der Waals surface area contributed by atoms with Crippen molar-refractivity contribution in [1.82, 2.24) is 14.9 Å². The topological polar surface area (TPSA) is 89.1 Å².